The molecule has 0 unspecified atom stereocenters. The lowest BCUT2D eigenvalue weighted by Gasteiger charge is -2.16. The van der Waals surface area contributed by atoms with E-state index in [0.717, 1.165) is 42.6 Å². The van der Waals surface area contributed by atoms with E-state index in [1.54, 1.807) is 12.1 Å². The number of hydrogen-bond acceptors (Lipinski definition) is 3. The van der Waals surface area contributed by atoms with Crippen LogP contribution < -0.4 is 0 Å². The minimum Gasteiger partial charge on any atom is -0.508 e. The Morgan fingerprint density at radius 3 is 2.14 bits per heavy atom. The first-order chi connectivity index (χ1) is 14.1. The van der Waals surface area contributed by atoms with Crippen LogP contribution in [0.15, 0.2) is 72.9 Å². The van der Waals surface area contributed by atoms with Gasteiger partial charge in [-0.2, -0.15) is 0 Å². The van der Waals surface area contributed by atoms with E-state index in [1.165, 1.54) is 16.7 Å². The average molecular weight is 387 g/mol. The van der Waals surface area contributed by atoms with Crippen molar-refractivity contribution in [1.82, 2.24) is 9.88 Å². The number of rotatable bonds is 8. The third-order valence-electron chi connectivity index (χ3n) is 5.09. The van der Waals surface area contributed by atoms with Gasteiger partial charge in [-0.05, 0) is 80.4 Å². The van der Waals surface area contributed by atoms with Gasteiger partial charge < -0.3 is 10.0 Å². The molecule has 3 aromatic rings. The molecule has 0 radical (unpaired) electrons. The molecule has 0 aliphatic rings. The van der Waals surface area contributed by atoms with Crippen LogP contribution in [0.1, 0.15) is 42.1 Å². The lowest BCUT2D eigenvalue weighted by atomic mass is 9.89. The van der Waals surface area contributed by atoms with Crippen molar-refractivity contribution < 1.29 is 5.11 Å². The van der Waals surface area contributed by atoms with Crippen LogP contribution in [0.2, 0.25) is 0 Å². The first-order valence-corrected chi connectivity index (χ1v) is 10.3. The Balaban J connectivity index is 2.02. The third kappa shape index (κ3) is 5.55. The van der Waals surface area contributed by atoms with Crippen molar-refractivity contribution >= 4 is 11.1 Å². The van der Waals surface area contributed by atoms with Crippen molar-refractivity contribution in [2.45, 2.75) is 26.2 Å². The Hall–Kier alpha value is -2.91. The molecule has 1 aromatic heterocycles. The molecule has 2 aromatic carbocycles. The zero-order valence-electron chi connectivity index (χ0n) is 17.6. The molecule has 0 atom stereocenters. The molecule has 0 saturated heterocycles. The van der Waals surface area contributed by atoms with Crippen LogP contribution in [-0.2, 0) is 6.42 Å². The topological polar surface area (TPSA) is 36.4 Å². The number of benzene rings is 2. The third-order valence-corrected chi connectivity index (χ3v) is 5.09. The molecular weight excluding hydrogens is 356 g/mol. The second kappa shape index (κ2) is 10.0. The summed E-state index contributed by atoms with van der Waals surface area (Å²) in [4.78, 5) is 6.95. The van der Waals surface area contributed by atoms with Crippen molar-refractivity contribution in [3.05, 3.63) is 95.3 Å². The van der Waals surface area contributed by atoms with Gasteiger partial charge in [-0.15, -0.1) is 0 Å². The molecule has 1 N–H and O–H groups in total. The molecule has 3 nitrogen and oxygen atoms in total. The van der Waals surface area contributed by atoms with Crippen LogP contribution in [0.25, 0.3) is 11.1 Å². The monoisotopic (exact) mass is 386 g/mol. The summed E-state index contributed by atoms with van der Waals surface area (Å²) in [5.41, 5.74) is 6.98. The van der Waals surface area contributed by atoms with Crippen LogP contribution >= 0.6 is 0 Å². The second-order valence-electron chi connectivity index (χ2n) is 7.57. The molecule has 3 heteroatoms. The summed E-state index contributed by atoms with van der Waals surface area (Å²) in [6.07, 6.45) is 4.98. The number of pyridine rings is 1. The Labute approximate surface area is 174 Å². The summed E-state index contributed by atoms with van der Waals surface area (Å²) in [5, 5.41) is 9.75. The van der Waals surface area contributed by atoms with E-state index in [9.17, 15) is 5.11 Å². The molecule has 29 heavy (non-hydrogen) atoms. The van der Waals surface area contributed by atoms with Gasteiger partial charge in [0.2, 0.25) is 0 Å². The van der Waals surface area contributed by atoms with Gasteiger partial charge in [0, 0.05) is 17.5 Å². The van der Waals surface area contributed by atoms with E-state index in [1.807, 2.05) is 24.4 Å². The number of hydrogen-bond donors (Lipinski definition) is 1. The van der Waals surface area contributed by atoms with Gasteiger partial charge in [0.05, 0.1) is 0 Å². The Bertz CT molecular complexity index is 927. The zero-order chi connectivity index (χ0) is 20.6. The van der Waals surface area contributed by atoms with E-state index in [-0.39, 0.29) is 5.75 Å². The van der Waals surface area contributed by atoms with Gasteiger partial charge in [-0.3, -0.25) is 4.98 Å². The lowest BCUT2D eigenvalue weighted by molar-refractivity contribution is 0.399. The van der Waals surface area contributed by atoms with Gasteiger partial charge in [-0.25, -0.2) is 0 Å². The lowest BCUT2D eigenvalue weighted by Crippen LogP contribution is -2.13. The van der Waals surface area contributed by atoms with Crippen LogP contribution in [0.4, 0.5) is 0 Å². The largest absolute Gasteiger partial charge is 0.508 e. The summed E-state index contributed by atoms with van der Waals surface area (Å²) in [7, 11) is 4.20. The average Bonchev–Trinajstić information content (AvgIpc) is 2.74. The van der Waals surface area contributed by atoms with Crippen molar-refractivity contribution in [1.29, 1.82) is 0 Å². The van der Waals surface area contributed by atoms with E-state index in [0.29, 0.717) is 0 Å². The Morgan fingerprint density at radius 1 is 0.862 bits per heavy atom. The first kappa shape index (κ1) is 20.8. The smallest absolute Gasteiger partial charge is 0.115 e. The molecule has 1 heterocycles. The van der Waals surface area contributed by atoms with Crippen LogP contribution in [-0.4, -0.2) is 35.6 Å². The molecule has 0 aliphatic heterocycles. The maximum Gasteiger partial charge on any atom is 0.115 e. The molecule has 3 rings (SSSR count). The number of phenols is 1. The fourth-order valence-electron chi connectivity index (χ4n) is 3.60. The number of nitrogens with zero attached hydrogens (tertiary/aromatic N) is 2. The highest BCUT2D eigenvalue weighted by Gasteiger charge is 2.13. The molecular formula is C26H30N2O. The molecule has 0 fully saturated rings. The minimum atomic E-state index is 0.278. The fraction of sp³-hybridized carbons (Fsp3) is 0.269. The number of aryl methyl sites for hydroxylation is 1. The van der Waals surface area contributed by atoms with Gasteiger partial charge in [0.1, 0.15) is 5.75 Å². The molecule has 0 saturated carbocycles. The molecule has 0 amide bonds. The van der Waals surface area contributed by atoms with Gasteiger partial charge in [-0.1, -0.05) is 55.5 Å². The van der Waals surface area contributed by atoms with E-state index in [2.05, 4.69) is 62.3 Å². The minimum absolute atomic E-state index is 0.278. The number of aromatic nitrogens is 1. The highest BCUT2D eigenvalue weighted by molar-refractivity contribution is 5.98. The standard InChI is InChI=1S/C26H30N2O/c1-4-25(20-9-6-5-7-10-20)26(21-13-16-24(29)17-14-21)22-12-15-23(27-19-22)11-8-18-28(2)3/h5-7,9-10,12-17,19,29H,4,8,11,18H2,1-3H3. The maximum atomic E-state index is 9.75. The highest BCUT2D eigenvalue weighted by atomic mass is 16.3. The quantitative estimate of drug-likeness (QED) is 0.508. The second-order valence-corrected chi connectivity index (χ2v) is 7.57. The summed E-state index contributed by atoms with van der Waals surface area (Å²) >= 11 is 0. The van der Waals surface area contributed by atoms with E-state index in [4.69, 9.17) is 4.98 Å². The number of phenolic OH excluding ortho intramolecular Hbond substituents is 1. The van der Waals surface area contributed by atoms with Gasteiger partial charge in [0.25, 0.3) is 0 Å². The number of aromatic hydroxyl groups is 1. The van der Waals surface area contributed by atoms with Crippen LogP contribution in [0, 0.1) is 0 Å². The van der Waals surface area contributed by atoms with Crippen molar-refractivity contribution in [3.8, 4) is 5.75 Å². The van der Waals surface area contributed by atoms with E-state index >= 15 is 0 Å². The highest BCUT2D eigenvalue weighted by Crippen LogP contribution is 2.34. The normalized spacial score (nSPS) is 12.1. The van der Waals surface area contributed by atoms with E-state index < -0.39 is 0 Å². The number of allylic oxidation sites excluding steroid dienone is 1. The summed E-state index contributed by atoms with van der Waals surface area (Å²) < 4.78 is 0. The van der Waals surface area contributed by atoms with Crippen molar-refractivity contribution in [3.63, 3.8) is 0 Å². The summed E-state index contributed by atoms with van der Waals surface area (Å²) in [5.74, 6) is 0.278. The molecule has 0 aliphatic carbocycles. The predicted octanol–water partition coefficient (Wildman–Crippen LogP) is 5.65. The molecule has 150 valence electrons. The summed E-state index contributed by atoms with van der Waals surface area (Å²) in [6.45, 7) is 3.25. The predicted molar refractivity (Wildman–Crippen MR) is 122 cm³/mol. The van der Waals surface area contributed by atoms with Crippen molar-refractivity contribution in [2.75, 3.05) is 20.6 Å². The molecule has 0 bridgehead atoms. The SMILES string of the molecule is CCC(=C(c1ccc(O)cc1)c1ccc(CCCN(C)C)nc1)c1ccccc1. The Morgan fingerprint density at radius 2 is 1.55 bits per heavy atom. The first-order valence-electron chi connectivity index (χ1n) is 10.3. The van der Waals surface area contributed by atoms with Crippen molar-refractivity contribution in [2.24, 2.45) is 0 Å². The maximum absolute atomic E-state index is 9.75. The Kier molecular flexibility index (Phi) is 7.20. The fourth-order valence-corrected chi connectivity index (χ4v) is 3.60. The van der Waals surface area contributed by atoms with Crippen LogP contribution in [0.5, 0.6) is 5.75 Å². The van der Waals surface area contributed by atoms with Gasteiger partial charge in [0.15, 0.2) is 0 Å². The zero-order valence-corrected chi connectivity index (χ0v) is 17.6. The summed E-state index contributed by atoms with van der Waals surface area (Å²) in [6, 6.07) is 22.3. The van der Waals surface area contributed by atoms with Gasteiger partial charge >= 0.3 is 0 Å². The molecule has 0 spiro atoms. The van der Waals surface area contributed by atoms with Crippen LogP contribution in [0.3, 0.4) is 0 Å².